The van der Waals surface area contributed by atoms with E-state index in [1.807, 2.05) is 0 Å². The highest BCUT2D eigenvalue weighted by Gasteiger charge is 2.37. The number of methoxy groups -OCH3 is 3. The Kier molecular flexibility index (Phi) is 10.2. The number of ether oxygens (including phenoxy) is 3. The summed E-state index contributed by atoms with van der Waals surface area (Å²) in [7, 11) is -4.74. The molecule has 0 aromatic heterocycles. The van der Waals surface area contributed by atoms with Gasteiger partial charge in [-0.3, -0.25) is 22.9 Å². The Balaban J connectivity index is 1.90. The van der Waals surface area contributed by atoms with Gasteiger partial charge in [-0.05, 0) is 19.2 Å². The van der Waals surface area contributed by atoms with Crippen LogP contribution in [0.1, 0.15) is 30.9 Å². The summed E-state index contributed by atoms with van der Waals surface area (Å²) in [6.07, 6.45) is 1.57. The fraction of sp³-hybridized carbons (Fsp3) is 0.343. The number of anilines is 1. The molecule has 0 aliphatic heterocycles. The van der Waals surface area contributed by atoms with Crippen molar-refractivity contribution in [3.8, 4) is 28.7 Å². The van der Waals surface area contributed by atoms with Gasteiger partial charge in [0.05, 0.1) is 64.2 Å². The maximum absolute atomic E-state index is 13.9. The zero-order valence-corrected chi connectivity index (χ0v) is 31.2. The van der Waals surface area contributed by atoms with E-state index in [1.54, 1.807) is 13.0 Å². The number of nitrogens with zero attached hydrogens (tertiary/aromatic N) is 1. The second-order valence-electron chi connectivity index (χ2n) is 12.4. The normalized spacial score (nSPS) is 15.1. The van der Waals surface area contributed by atoms with Gasteiger partial charge in [-0.2, -0.15) is 16.8 Å². The third-order valence-electron chi connectivity index (χ3n) is 9.27. The Morgan fingerprint density at radius 2 is 1.30 bits per heavy atom. The summed E-state index contributed by atoms with van der Waals surface area (Å²) in [4.78, 5) is 32.2. The monoisotopic (exact) mass is 788 g/mol. The average molecular weight is 789 g/mol. The third kappa shape index (κ3) is 6.15. The average Bonchev–Trinajstić information content (AvgIpc) is 3.26. The van der Waals surface area contributed by atoms with Gasteiger partial charge in [0.1, 0.15) is 17.4 Å². The molecule has 5 N–H and O–H groups in total. The van der Waals surface area contributed by atoms with E-state index >= 15 is 0 Å². The Hall–Kier alpha value is -5.05. The standard InChI is InChI=1S/C35H36N2O15S2/c1-15-10-17-23-28-24(33(42)32(17)37-14-54(46,47)52-9-7-39)18(40)11-20(48-3)26(28)27-21(49-4)12-19(41)25-30(27)29(23)31(35(50-5)34(25)43)22(15)16(2)36-13-53(44,45)51-8-6-38/h10-12,22,37-39,42-43H,6-9,13-14H2,1-5H3. The number of allylic oxidation sites excluding steroid dienone is 1. The van der Waals surface area contributed by atoms with Crippen molar-refractivity contribution in [1.29, 1.82) is 0 Å². The van der Waals surface area contributed by atoms with E-state index in [2.05, 4.69) is 10.3 Å². The van der Waals surface area contributed by atoms with Gasteiger partial charge < -0.3 is 40.0 Å². The number of benzene rings is 5. The van der Waals surface area contributed by atoms with Crippen molar-refractivity contribution < 1.29 is 59.8 Å². The first kappa shape index (κ1) is 38.7. The lowest BCUT2D eigenvalue weighted by Gasteiger charge is -2.26. The zero-order valence-electron chi connectivity index (χ0n) is 29.6. The van der Waals surface area contributed by atoms with Gasteiger partial charge in [-0.15, -0.1) is 0 Å². The van der Waals surface area contributed by atoms with Crippen molar-refractivity contribution in [2.45, 2.75) is 19.8 Å². The minimum absolute atomic E-state index is 0.0292. The van der Waals surface area contributed by atoms with E-state index in [0.717, 1.165) is 12.1 Å². The second-order valence-corrected chi connectivity index (χ2v) is 15.6. The molecule has 0 radical (unpaired) electrons. The fourth-order valence-electron chi connectivity index (χ4n) is 7.30. The Morgan fingerprint density at radius 3 is 1.83 bits per heavy atom. The summed E-state index contributed by atoms with van der Waals surface area (Å²) in [5.41, 5.74) is -0.724. The second kappa shape index (κ2) is 14.3. The molecule has 0 saturated carbocycles. The lowest BCUT2D eigenvalue weighted by atomic mass is 9.80. The van der Waals surface area contributed by atoms with Crippen molar-refractivity contribution in [1.82, 2.24) is 0 Å². The summed E-state index contributed by atoms with van der Waals surface area (Å²) in [5.74, 6) is -4.13. The number of aliphatic hydroxyl groups excluding tert-OH is 2. The van der Waals surface area contributed by atoms with Gasteiger partial charge in [0.15, 0.2) is 34.0 Å². The number of phenolic OH excluding ortho intramolecular Hbond substituents is 2. The van der Waals surface area contributed by atoms with Crippen LogP contribution >= 0.6 is 0 Å². The Morgan fingerprint density at radius 1 is 0.759 bits per heavy atom. The largest absolute Gasteiger partial charge is 0.505 e. The van der Waals surface area contributed by atoms with E-state index in [4.69, 9.17) is 32.8 Å². The Bertz CT molecular complexity index is 2750. The van der Waals surface area contributed by atoms with E-state index in [-0.39, 0.29) is 82.9 Å². The summed E-state index contributed by atoms with van der Waals surface area (Å²) in [5, 5.41) is 45.4. The van der Waals surface area contributed by atoms with E-state index in [1.165, 1.54) is 28.3 Å². The van der Waals surface area contributed by atoms with Crippen LogP contribution in [0.2, 0.25) is 0 Å². The summed E-state index contributed by atoms with van der Waals surface area (Å²) < 4.78 is 77.7. The molecule has 5 aromatic rings. The van der Waals surface area contributed by atoms with Crippen LogP contribution in [0, 0.1) is 0 Å². The third-order valence-corrected chi connectivity index (χ3v) is 11.3. The predicted octanol–water partition coefficient (Wildman–Crippen LogP) is 2.30. The maximum atomic E-state index is 13.9. The van der Waals surface area contributed by atoms with Crippen LogP contribution in [0.5, 0.6) is 28.7 Å². The van der Waals surface area contributed by atoms with Gasteiger partial charge in [0.25, 0.3) is 20.2 Å². The van der Waals surface area contributed by atoms with E-state index < -0.39 is 86.7 Å². The predicted molar refractivity (Wildman–Crippen MR) is 201 cm³/mol. The SMILES string of the molecule is COc1c(O)c2c(=O)cc(OC)c3c4c(OC)cc(=O)c5c(O)c(NCS(=O)(=O)OCCO)c6c(c(c1C(C(C)=NCS(=O)(=O)OCCO)C(C)=C6)c23)c54. The molecule has 0 bridgehead atoms. The number of nitrogens with one attached hydrogen (secondary N) is 1. The van der Waals surface area contributed by atoms with Crippen LogP contribution in [0.4, 0.5) is 5.69 Å². The molecule has 5 aromatic carbocycles. The highest BCUT2D eigenvalue weighted by molar-refractivity contribution is 7.87. The molecular weight excluding hydrogens is 753 g/mol. The molecule has 1 atom stereocenters. The summed E-state index contributed by atoms with van der Waals surface area (Å²) >= 11 is 0. The molecule has 19 heteroatoms. The Labute approximate surface area is 307 Å². The summed E-state index contributed by atoms with van der Waals surface area (Å²) in [6, 6.07) is 2.27. The molecule has 1 unspecified atom stereocenters. The highest BCUT2D eigenvalue weighted by atomic mass is 32.2. The molecule has 0 amide bonds. The maximum Gasteiger partial charge on any atom is 0.287 e. The number of rotatable bonds is 15. The van der Waals surface area contributed by atoms with Crippen molar-refractivity contribution in [2.75, 3.05) is 64.8 Å². The molecule has 1 aliphatic rings. The number of fused-ring (bicyclic) bond motifs is 1. The van der Waals surface area contributed by atoms with E-state index in [9.17, 15) is 36.6 Å². The molecule has 6 rings (SSSR count). The number of phenols is 2. The lowest BCUT2D eigenvalue weighted by molar-refractivity contribution is 0.205. The van der Waals surface area contributed by atoms with Crippen LogP contribution < -0.4 is 30.4 Å². The lowest BCUT2D eigenvalue weighted by Crippen LogP contribution is -2.19. The smallest absolute Gasteiger partial charge is 0.287 e. The van der Waals surface area contributed by atoms with Crippen LogP contribution in [-0.4, -0.2) is 102 Å². The highest BCUT2D eigenvalue weighted by Crippen LogP contribution is 2.58. The van der Waals surface area contributed by atoms with Crippen LogP contribution in [0.25, 0.3) is 49.2 Å². The molecule has 0 fully saturated rings. The van der Waals surface area contributed by atoms with Gasteiger partial charge in [-0.1, -0.05) is 11.6 Å². The topological polar surface area (TPSA) is 254 Å². The molecule has 0 saturated heterocycles. The fourth-order valence-corrected chi connectivity index (χ4v) is 8.80. The van der Waals surface area contributed by atoms with Gasteiger partial charge in [0.2, 0.25) is 0 Å². The van der Waals surface area contributed by atoms with Crippen molar-refractivity contribution in [2.24, 2.45) is 4.99 Å². The number of aromatic hydroxyl groups is 2. The van der Waals surface area contributed by atoms with Crippen molar-refractivity contribution in [3.05, 3.63) is 49.3 Å². The van der Waals surface area contributed by atoms with Gasteiger partial charge in [-0.25, -0.2) is 0 Å². The molecule has 54 heavy (non-hydrogen) atoms. The zero-order chi connectivity index (χ0) is 39.4. The van der Waals surface area contributed by atoms with Crippen molar-refractivity contribution in [3.63, 3.8) is 0 Å². The number of aliphatic hydroxyl groups is 2. The first-order valence-corrected chi connectivity index (χ1v) is 19.4. The van der Waals surface area contributed by atoms with Gasteiger partial charge >= 0.3 is 0 Å². The van der Waals surface area contributed by atoms with Crippen LogP contribution in [-0.2, 0) is 28.6 Å². The molecule has 17 nitrogen and oxygen atoms in total. The van der Waals surface area contributed by atoms with Gasteiger partial charge in [0, 0.05) is 61.8 Å². The van der Waals surface area contributed by atoms with Crippen molar-refractivity contribution >= 4 is 80.8 Å². The van der Waals surface area contributed by atoms with Crippen LogP contribution in [0.3, 0.4) is 0 Å². The molecule has 0 spiro atoms. The number of hydrogen-bond donors (Lipinski definition) is 5. The minimum Gasteiger partial charge on any atom is -0.505 e. The molecule has 288 valence electrons. The number of aliphatic imine (C=N–C) groups is 1. The number of hydrogen-bond acceptors (Lipinski definition) is 17. The minimum atomic E-state index is -4.37. The van der Waals surface area contributed by atoms with Crippen LogP contribution in [0.15, 0.2) is 32.3 Å². The van der Waals surface area contributed by atoms with E-state index in [0.29, 0.717) is 5.57 Å². The first-order chi connectivity index (χ1) is 25.6. The molecular formula is C35H36N2O15S2. The summed E-state index contributed by atoms with van der Waals surface area (Å²) in [6.45, 7) is 0.981. The molecule has 0 heterocycles. The quantitative estimate of drug-likeness (QED) is 0.0335. The molecule has 1 aliphatic carbocycles. The first-order valence-electron chi connectivity index (χ1n) is 16.2.